The normalized spacial score (nSPS) is 12.1. The Hall–Kier alpha value is -1.89. The van der Waals surface area contributed by atoms with Crippen LogP contribution in [0.15, 0.2) is 12.3 Å². The lowest BCUT2D eigenvalue weighted by molar-refractivity contribution is -0.130. The van der Waals surface area contributed by atoms with E-state index in [4.69, 9.17) is 5.73 Å². The van der Waals surface area contributed by atoms with Gasteiger partial charge in [-0.15, -0.1) is 0 Å². The third-order valence-corrected chi connectivity index (χ3v) is 2.83. The Balaban J connectivity index is 2.34. The minimum atomic E-state index is -0.439. The predicted molar refractivity (Wildman–Crippen MR) is 85.2 cm³/mol. The zero-order valence-electron chi connectivity index (χ0n) is 13.3. The van der Waals surface area contributed by atoms with Crippen molar-refractivity contribution < 1.29 is 4.79 Å². The Bertz CT molecular complexity index is 449. The van der Waals surface area contributed by atoms with E-state index in [1.54, 1.807) is 20.3 Å². The van der Waals surface area contributed by atoms with Crippen molar-refractivity contribution in [3.8, 4) is 0 Å². The van der Waals surface area contributed by atoms with Gasteiger partial charge in [0, 0.05) is 32.9 Å². The molecule has 0 aliphatic rings. The SMILES string of the molecule is CC(C)Nc1nccc(NCCCC(N)C(=O)N(C)C)n1. The number of anilines is 2. The van der Waals surface area contributed by atoms with E-state index in [-0.39, 0.29) is 11.9 Å². The minimum absolute atomic E-state index is 0.0412. The second-order valence-corrected chi connectivity index (χ2v) is 5.47. The smallest absolute Gasteiger partial charge is 0.238 e. The van der Waals surface area contributed by atoms with Gasteiger partial charge >= 0.3 is 0 Å². The van der Waals surface area contributed by atoms with Crippen LogP contribution in [0.5, 0.6) is 0 Å². The Morgan fingerprint density at radius 3 is 2.76 bits per heavy atom. The summed E-state index contributed by atoms with van der Waals surface area (Å²) in [6, 6.07) is 1.66. The van der Waals surface area contributed by atoms with Crippen molar-refractivity contribution in [1.29, 1.82) is 0 Å². The first-order chi connectivity index (χ1) is 9.90. The number of nitrogens with zero attached hydrogens (tertiary/aromatic N) is 3. The maximum absolute atomic E-state index is 11.6. The molecule has 0 aromatic carbocycles. The molecule has 1 amide bonds. The molecule has 0 spiro atoms. The second kappa shape index (κ2) is 8.41. The number of hydrogen-bond acceptors (Lipinski definition) is 6. The molecule has 21 heavy (non-hydrogen) atoms. The monoisotopic (exact) mass is 294 g/mol. The Kier molecular flexibility index (Phi) is 6.87. The summed E-state index contributed by atoms with van der Waals surface area (Å²) in [5, 5.41) is 6.36. The van der Waals surface area contributed by atoms with E-state index >= 15 is 0 Å². The number of rotatable bonds is 8. The van der Waals surface area contributed by atoms with Crippen molar-refractivity contribution in [2.24, 2.45) is 5.73 Å². The van der Waals surface area contributed by atoms with Gasteiger partial charge in [-0.3, -0.25) is 4.79 Å². The van der Waals surface area contributed by atoms with Crippen LogP contribution in [0.4, 0.5) is 11.8 Å². The highest BCUT2D eigenvalue weighted by atomic mass is 16.2. The molecule has 1 unspecified atom stereocenters. The van der Waals surface area contributed by atoms with Crippen LogP contribution in [0.25, 0.3) is 0 Å². The summed E-state index contributed by atoms with van der Waals surface area (Å²) >= 11 is 0. The van der Waals surface area contributed by atoms with Gasteiger partial charge in [0.25, 0.3) is 0 Å². The number of hydrogen-bond donors (Lipinski definition) is 3. The van der Waals surface area contributed by atoms with Crippen LogP contribution in [0, 0.1) is 0 Å². The number of nitrogens with one attached hydrogen (secondary N) is 2. The number of likely N-dealkylation sites (N-methyl/N-ethyl adjacent to an activating group) is 1. The predicted octanol–water partition coefficient (Wildman–Crippen LogP) is 0.905. The van der Waals surface area contributed by atoms with Crippen molar-refractivity contribution in [3.05, 3.63) is 12.3 Å². The first-order valence-electron chi connectivity index (χ1n) is 7.20. The van der Waals surface area contributed by atoms with Crippen LogP contribution in [-0.4, -0.2) is 53.5 Å². The lowest BCUT2D eigenvalue weighted by Gasteiger charge is -2.16. The summed E-state index contributed by atoms with van der Waals surface area (Å²) < 4.78 is 0. The third kappa shape index (κ3) is 6.40. The molecule has 118 valence electrons. The highest BCUT2D eigenvalue weighted by Crippen LogP contribution is 2.07. The molecule has 1 rings (SSSR count). The molecule has 7 heteroatoms. The molecule has 0 aliphatic carbocycles. The molecular weight excluding hydrogens is 268 g/mol. The molecule has 1 aromatic heterocycles. The van der Waals surface area contributed by atoms with E-state index in [9.17, 15) is 4.79 Å². The van der Waals surface area contributed by atoms with Gasteiger partial charge in [-0.2, -0.15) is 4.98 Å². The summed E-state index contributed by atoms with van der Waals surface area (Å²) in [7, 11) is 3.43. The maximum Gasteiger partial charge on any atom is 0.238 e. The Labute approximate surface area is 126 Å². The van der Waals surface area contributed by atoms with Gasteiger partial charge in [0.1, 0.15) is 5.82 Å². The zero-order chi connectivity index (χ0) is 15.8. The maximum atomic E-state index is 11.6. The Morgan fingerprint density at radius 2 is 2.14 bits per heavy atom. The van der Waals surface area contributed by atoms with Gasteiger partial charge in [0.2, 0.25) is 11.9 Å². The molecule has 0 saturated heterocycles. The van der Waals surface area contributed by atoms with E-state index in [1.165, 1.54) is 4.90 Å². The zero-order valence-corrected chi connectivity index (χ0v) is 13.3. The van der Waals surface area contributed by atoms with Crippen molar-refractivity contribution in [2.45, 2.75) is 38.8 Å². The fraction of sp³-hybridized carbons (Fsp3) is 0.643. The third-order valence-electron chi connectivity index (χ3n) is 2.83. The molecule has 0 aliphatic heterocycles. The van der Waals surface area contributed by atoms with E-state index in [0.717, 1.165) is 12.2 Å². The lowest BCUT2D eigenvalue weighted by Crippen LogP contribution is -2.39. The molecule has 0 saturated carbocycles. The van der Waals surface area contributed by atoms with Crippen LogP contribution in [0.3, 0.4) is 0 Å². The van der Waals surface area contributed by atoms with Gasteiger partial charge in [-0.1, -0.05) is 0 Å². The number of carbonyl (C=O) groups excluding carboxylic acids is 1. The average Bonchev–Trinajstić information content (AvgIpc) is 2.42. The average molecular weight is 294 g/mol. The summed E-state index contributed by atoms with van der Waals surface area (Å²) in [5.41, 5.74) is 5.82. The second-order valence-electron chi connectivity index (χ2n) is 5.47. The van der Waals surface area contributed by atoms with E-state index in [2.05, 4.69) is 20.6 Å². The number of aromatic nitrogens is 2. The van der Waals surface area contributed by atoms with Gasteiger partial charge in [0.15, 0.2) is 0 Å². The van der Waals surface area contributed by atoms with E-state index in [1.807, 2.05) is 19.9 Å². The highest BCUT2D eigenvalue weighted by molar-refractivity contribution is 5.81. The lowest BCUT2D eigenvalue weighted by atomic mass is 10.1. The molecule has 0 radical (unpaired) electrons. The minimum Gasteiger partial charge on any atom is -0.370 e. The topological polar surface area (TPSA) is 96.2 Å². The van der Waals surface area contributed by atoms with Crippen molar-refractivity contribution in [2.75, 3.05) is 31.3 Å². The number of amides is 1. The molecule has 1 heterocycles. The Morgan fingerprint density at radius 1 is 1.43 bits per heavy atom. The first-order valence-corrected chi connectivity index (χ1v) is 7.20. The van der Waals surface area contributed by atoms with Crippen molar-refractivity contribution in [3.63, 3.8) is 0 Å². The molecular formula is C14H26N6O. The summed E-state index contributed by atoms with van der Waals surface area (Å²) in [6.45, 7) is 4.78. The van der Waals surface area contributed by atoms with Crippen molar-refractivity contribution >= 4 is 17.7 Å². The van der Waals surface area contributed by atoms with Crippen molar-refractivity contribution in [1.82, 2.24) is 14.9 Å². The van der Waals surface area contributed by atoms with Gasteiger partial charge < -0.3 is 21.3 Å². The fourth-order valence-corrected chi connectivity index (χ4v) is 1.78. The molecule has 1 atom stereocenters. The highest BCUT2D eigenvalue weighted by Gasteiger charge is 2.14. The fourth-order valence-electron chi connectivity index (χ4n) is 1.78. The molecule has 7 nitrogen and oxygen atoms in total. The summed E-state index contributed by atoms with van der Waals surface area (Å²) in [6.07, 6.45) is 3.16. The van der Waals surface area contributed by atoms with Crippen LogP contribution >= 0.6 is 0 Å². The van der Waals surface area contributed by atoms with Crippen LogP contribution in [-0.2, 0) is 4.79 Å². The van der Waals surface area contributed by atoms with Crippen LogP contribution in [0.1, 0.15) is 26.7 Å². The van der Waals surface area contributed by atoms with Crippen LogP contribution in [0.2, 0.25) is 0 Å². The first kappa shape index (κ1) is 17.2. The largest absolute Gasteiger partial charge is 0.370 e. The number of carbonyl (C=O) groups is 1. The molecule has 4 N–H and O–H groups in total. The standard InChI is InChI=1S/C14H26N6O/c1-10(2)18-14-17-9-7-12(19-14)16-8-5-6-11(15)13(21)20(3)4/h7,9-11H,5-6,8,15H2,1-4H3,(H2,16,17,18,19). The molecule has 1 aromatic rings. The van der Waals surface area contributed by atoms with E-state index < -0.39 is 6.04 Å². The molecule has 0 fully saturated rings. The number of nitrogens with two attached hydrogens (primary N) is 1. The van der Waals surface area contributed by atoms with Gasteiger partial charge in [-0.05, 0) is 32.8 Å². The van der Waals surface area contributed by atoms with Gasteiger partial charge in [0.05, 0.1) is 6.04 Å². The molecule has 0 bridgehead atoms. The summed E-state index contributed by atoms with van der Waals surface area (Å²) in [5.74, 6) is 1.33. The summed E-state index contributed by atoms with van der Waals surface area (Å²) in [4.78, 5) is 21.6. The van der Waals surface area contributed by atoms with E-state index in [0.29, 0.717) is 18.9 Å². The quantitative estimate of drug-likeness (QED) is 0.617. The van der Waals surface area contributed by atoms with Gasteiger partial charge in [-0.25, -0.2) is 4.98 Å². The van der Waals surface area contributed by atoms with Crippen LogP contribution < -0.4 is 16.4 Å².